The summed E-state index contributed by atoms with van der Waals surface area (Å²) in [6.07, 6.45) is 0.856. The van der Waals surface area contributed by atoms with Crippen LogP contribution < -0.4 is 10.2 Å². The van der Waals surface area contributed by atoms with E-state index in [4.69, 9.17) is 32.9 Å². The lowest BCUT2D eigenvalue weighted by Crippen LogP contribution is -2.54. The van der Waals surface area contributed by atoms with Gasteiger partial charge in [0.1, 0.15) is 22.5 Å². The molecule has 4 rings (SSSR count). The molecule has 1 amide bonds. The Hall–Kier alpha value is -2.91. The van der Waals surface area contributed by atoms with Crippen molar-refractivity contribution in [1.82, 2.24) is 25.5 Å². The van der Waals surface area contributed by atoms with Gasteiger partial charge in [0.15, 0.2) is 17.2 Å². The van der Waals surface area contributed by atoms with E-state index in [0.29, 0.717) is 64.2 Å². The number of rotatable bonds is 4. The predicted molar refractivity (Wildman–Crippen MR) is 136 cm³/mol. The summed E-state index contributed by atoms with van der Waals surface area (Å²) in [5.41, 5.74) is 1.21. The number of amides is 1. The summed E-state index contributed by atoms with van der Waals surface area (Å²) in [5, 5.41) is 11.0. The summed E-state index contributed by atoms with van der Waals surface area (Å²) < 4.78 is 5.41. The number of piperidine rings is 1. The molecule has 1 aromatic carbocycles. The minimum atomic E-state index is -0.569. The maximum absolute atomic E-state index is 12.6. The van der Waals surface area contributed by atoms with Crippen LogP contribution in [-0.2, 0) is 4.74 Å². The molecule has 2 aromatic heterocycles. The first-order chi connectivity index (χ1) is 16.4. The topological polar surface area (TPSA) is 113 Å². The number of aromatic nitrogens is 4. The quantitative estimate of drug-likeness (QED) is 0.443. The number of hydrogen-bond donors (Lipinski definition) is 2. The van der Waals surface area contributed by atoms with E-state index in [2.05, 4.69) is 20.5 Å². The summed E-state index contributed by atoms with van der Waals surface area (Å²) in [7, 11) is 0. The highest BCUT2D eigenvalue weighted by molar-refractivity contribution is 6.43. The number of alkyl carbamates (subject to hydrolysis) is 1. The Morgan fingerprint density at radius 1 is 1.17 bits per heavy atom. The fourth-order valence-corrected chi connectivity index (χ4v) is 4.44. The highest BCUT2D eigenvalue weighted by Gasteiger charge is 2.35. The van der Waals surface area contributed by atoms with E-state index >= 15 is 0 Å². The van der Waals surface area contributed by atoms with Crippen LogP contribution >= 0.6 is 23.2 Å². The number of nitrogens with one attached hydrogen (secondary N) is 2. The van der Waals surface area contributed by atoms with E-state index in [1.165, 1.54) is 6.92 Å². The van der Waals surface area contributed by atoms with Crippen LogP contribution in [-0.4, -0.2) is 56.3 Å². The lowest BCUT2D eigenvalue weighted by Gasteiger charge is -2.40. The van der Waals surface area contributed by atoms with Gasteiger partial charge in [-0.2, -0.15) is 5.10 Å². The normalized spacial score (nSPS) is 15.8. The molecule has 0 atom stereocenters. The second kappa shape index (κ2) is 9.28. The van der Waals surface area contributed by atoms with Crippen molar-refractivity contribution < 1.29 is 14.3 Å². The van der Waals surface area contributed by atoms with Crippen molar-refractivity contribution in [3.63, 3.8) is 0 Å². The van der Waals surface area contributed by atoms with Crippen molar-refractivity contribution in [2.24, 2.45) is 0 Å². The van der Waals surface area contributed by atoms with Crippen molar-refractivity contribution >= 4 is 52.1 Å². The molecule has 35 heavy (non-hydrogen) atoms. The number of anilines is 1. The lowest BCUT2D eigenvalue weighted by molar-refractivity contribution is 0.0448. The van der Waals surface area contributed by atoms with Gasteiger partial charge >= 0.3 is 6.09 Å². The average molecular weight is 519 g/mol. The van der Waals surface area contributed by atoms with E-state index in [1.807, 2.05) is 32.6 Å². The standard InChI is InChI=1S/C24H28Cl2N6O3/c1-13(33)17-21(32-11-9-24(5,10-12-32)29-22(34)35-23(2,3)4)28-20-19(27-17)18(30-31-20)14-7-6-8-15(25)16(14)26/h6-8H,9-12H2,1-5H3,(H,29,34)(H,28,30,31). The number of hydrogen-bond acceptors (Lipinski definition) is 7. The molecule has 1 fully saturated rings. The minimum absolute atomic E-state index is 0.209. The van der Waals surface area contributed by atoms with Crippen LogP contribution in [0.2, 0.25) is 10.0 Å². The molecule has 1 aliphatic rings. The van der Waals surface area contributed by atoms with Gasteiger partial charge in [0.25, 0.3) is 0 Å². The van der Waals surface area contributed by atoms with Crippen LogP contribution in [0, 0.1) is 0 Å². The number of Topliss-reactive ketones (excluding diaryl/α,β-unsaturated/α-hetero) is 1. The van der Waals surface area contributed by atoms with Gasteiger partial charge in [-0.25, -0.2) is 14.8 Å². The number of ether oxygens (including phenoxy) is 1. The van der Waals surface area contributed by atoms with Crippen molar-refractivity contribution in [2.75, 3.05) is 18.0 Å². The molecule has 9 nitrogen and oxygen atoms in total. The molecular weight excluding hydrogens is 491 g/mol. The van der Waals surface area contributed by atoms with Gasteiger partial charge in [-0.05, 0) is 46.6 Å². The molecule has 0 radical (unpaired) electrons. The summed E-state index contributed by atoms with van der Waals surface area (Å²) in [4.78, 5) is 36.2. The van der Waals surface area contributed by atoms with Crippen LogP contribution in [0.1, 0.15) is 57.9 Å². The SMILES string of the molecule is CC(=O)c1nc2c(-c3cccc(Cl)c3Cl)n[nH]c2nc1N1CCC(C)(NC(=O)OC(C)(C)C)CC1. The van der Waals surface area contributed by atoms with Crippen molar-refractivity contribution in [1.29, 1.82) is 0 Å². The summed E-state index contributed by atoms with van der Waals surface area (Å²) >= 11 is 12.6. The van der Waals surface area contributed by atoms with E-state index in [1.54, 1.807) is 18.2 Å². The summed E-state index contributed by atoms with van der Waals surface area (Å²) in [5.74, 6) is 0.274. The average Bonchev–Trinajstić information content (AvgIpc) is 3.16. The molecule has 3 heterocycles. The van der Waals surface area contributed by atoms with Crippen LogP contribution in [0.4, 0.5) is 10.6 Å². The zero-order valence-electron chi connectivity index (χ0n) is 20.3. The minimum Gasteiger partial charge on any atom is -0.444 e. The van der Waals surface area contributed by atoms with Crippen molar-refractivity contribution in [2.45, 2.75) is 58.6 Å². The fourth-order valence-electron chi connectivity index (χ4n) is 4.05. The number of carbonyl (C=O) groups is 2. The Balaban J connectivity index is 1.61. The van der Waals surface area contributed by atoms with E-state index in [0.717, 1.165) is 0 Å². The summed E-state index contributed by atoms with van der Waals surface area (Å²) in [6.45, 7) is 10.1. The lowest BCUT2D eigenvalue weighted by atomic mass is 9.89. The number of fused-ring (bicyclic) bond motifs is 1. The monoisotopic (exact) mass is 518 g/mol. The number of ketones is 1. The maximum atomic E-state index is 12.6. The highest BCUT2D eigenvalue weighted by atomic mass is 35.5. The number of nitrogens with zero attached hydrogens (tertiary/aromatic N) is 4. The van der Waals surface area contributed by atoms with Crippen LogP contribution in [0.5, 0.6) is 0 Å². The third kappa shape index (κ3) is 5.36. The Bertz CT molecular complexity index is 1290. The number of aromatic amines is 1. The predicted octanol–water partition coefficient (Wildman–Crippen LogP) is 5.41. The highest BCUT2D eigenvalue weighted by Crippen LogP contribution is 2.36. The molecule has 2 N–H and O–H groups in total. The zero-order valence-corrected chi connectivity index (χ0v) is 21.8. The number of carbonyl (C=O) groups excluding carboxylic acids is 2. The van der Waals surface area contributed by atoms with E-state index < -0.39 is 17.2 Å². The third-order valence-electron chi connectivity index (χ3n) is 5.88. The Morgan fingerprint density at radius 2 is 1.86 bits per heavy atom. The van der Waals surface area contributed by atoms with Crippen molar-refractivity contribution in [3.8, 4) is 11.3 Å². The number of H-pyrrole nitrogens is 1. The molecule has 0 aliphatic carbocycles. The van der Waals surface area contributed by atoms with Crippen LogP contribution in [0.15, 0.2) is 18.2 Å². The van der Waals surface area contributed by atoms with Gasteiger partial charge in [-0.15, -0.1) is 0 Å². The first-order valence-corrected chi connectivity index (χ1v) is 12.1. The second-order valence-electron chi connectivity index (χ2n) is 10.00. The first-order valence-electron chi connectivity index (χ1n) is 11.3. The molecule has 0 saturated carbocycles. The first kappa shape index (κ1) is 25.2. The number of halogens is 2. The Morgan fingerprint density at radius 3 is 2.49 bits per heavy atom. The Labute approximate surface area is 213 Å². The molecule has 186 valence electrons. The van der Waals surface area contributed by atoms with E-state index in [-0.39, 0.29) is 11.5 Å². The Kier molecular flexibility index (Phi) is 6.68. The molecule has 0 unspecified atom stereocenters. The van der Waals surface area contributed by atoms with Gasteiger partial charge in [-0.3, -0.25) is 9.89 Å². The third-order valence-corrected chi connectivity index (χ3v) is 6.70. The second-order valence-corrected chi connectivity index (χ2v) is 10.8. The van der Waals surface area contributed by atoms with Gasteiger partial charge in [0, 0.05) is 31.1 Å². The summed E-state index contributed by atoms with van der Waals surface area (Å²) in [6, 6.07) is 5.25. The van der Waals surface area contributed by atoms with Crippen molar-refractivity contribution in [3.05, 3.63) is 33.9 Å². The smallest absolute Gasteiger partial charge is 0.408 e. The van der Waals surface area contributed by atoms with Crippen LogP contribution in [0.3, 0.4) is 0 Å². The van der Waals surface area contributed by atoms with E-state index in [9.17, 15) is 9.59 Å². The molecule has 1 saturated heterocycles. The molecule has 0 bridgehead atoms. The van der Waals surface area contributed by atoms with Gasteiger partial charge in [-0.1, -0.05) is 35.3 Å². The maximum Gasteiger partial charge on any atom is 0.408 e. The number of benzene rings is 1. The zero-order chi connectivity index (χ0) is 25.5. The molecule has 0 spiro atoms. The fraction of sp³-hybridized carbons (Fsp3) is 0.458. The molecule has 1 aliphatic heterocycles. The van der Waals surface area contributed by atoms with Gasteiger partial charge in [0.05, 0.1) is 10.0 Å². The molecular formula is C24H28Cl2N6O3. The van der Waals surface area contributed by atoms with Gasteiger partial charge < -0.3 is 15.0 Å². The largest absolute Gasteiger partial charge is 0.444 e. The molecule has 11 heteroatoms. The molecule has 3 aromatic rings. The van der Waals surface area contributed by atoms with Crippen LogP contribution in [0.25, 0.3) is 22.4 Å². The van der Waals surface area contributed by atoms with Gasteiger partial charge in [0.2, 0.25) is 0 Å².